The average Bonchev–Trinajstić information content (AvgIpc) is 1.68. The van der Waals surface area contributed by atoms with Gasteiger partial charge in [0.1, 0.15) is 0 Å². The van der Waals surface area contributed by atoms with Gasteiger partial charge in [-0.15, -0.1) is 0 Å². The van der Waals surface area contributed by atoms with Crippen molar-refractivity contribution in [3.8, 4) is 0 Å². The lowest BCUT2D eigenvalue weighted by molar-refractivity contribution is 1.73. The third-order valence-electron chi connectivity index (χ3n) is 0.477. The third-order valence-corrected chi connectivity index (χ3v) is 0.477. The minimum atomic E-state index is 0.488. The zero-order valence-electron chi connectivity index (χ0n) is 5.52. The zero-order chi connectivity index (χ0) is 6.41. The molecule has 0 aromatic heterocycles. The highest BCUT2D eigenvalue weighted by Gasteiger charge is 1.52. The van der Waals surface area contributed by atoms with Gasteiger partial charge in [-0.25, -0.2) is 0 Å². The van der Waals surface area contributed by atoms with E-state index in [9.17, 15) is 0 Å². The Morgan fingerprint density at radius 3 is 2.71 bits per heavy atom. The molecule has 0 atom stereocenters. The molecule has 0 saturated carbocycles. The molecule has 0 bridgehead atoms. The smallest absolute Gasteiger partial charge is 0.0623 e. The summed E-state index contributed by atoms with van der Waals surface area (Å²) in [5.74, 6) is 0. The van der Waals surface area contributed by atoms with Crippen molar-refractivity contribution < 1.29 is 1.37 Å². The fourth-order valence-electron chi connectivity index (χ4n) is 0.220. The van der Waals surface area contributed by atoms with Gasteiger partial charge in [-0.05, 0) is 6.92 Å². The summed E-state index contributed by atoms with van der Waals surface area (Å²) in [5.41, 5.74) is 0. The van der Waals surface area contributed by atoms with Gasteiger partial charge in [0, 0.05) is 0 Å². The van der Waals surface area contributed by atoms with Gasteiger partial charge >= 0.3 is 0 Å². The summed E-state index contributed by atoms with van der Waals surface area (Å²) in [6.45, 7) is 5.33. The standard InChI is InChI=1S/C7H10/c1-3-5-7-6-4-2/h3-7H,1H2,2H3/b6-4+,7-5+/i7D. The van der Waals surface area contributed by atoms with Crippen LogP contribution in [0.5, 0.6) is 0 Å². The summed E-state index contributed by atoms with van der Waals surface area (Å²) >= 11 is 0. The third kappa shape index (κ3) is 5.22. The molecule has 7 heavy (non-hydrogen) atoms. The largest absolute Gasteiger partial charge is 0.0991 e. The van der Waals surface area contributed by atoms with E-state index < -0.39 is 0 Å². The molecule has 0 fully saturated rings. The molecular formula is C7H10. The molecule has 0 heterocycles. The lowest BCUT2D eigenvalue weighted by atomic mass is 10.4. The van der Waals surface area contributed by atoms with E-state index in [0.717, 1.165) is 0 Å². The molecule has 0 rings (SSSR count). The van der Waals surface area contributed by atoms with Crippen LogP contribution in [0, 0.1) is 0 Å². The highest BCUT2D eigenvalue weighted by atomic mass is 13.6. The van der Waals surface area contributed by atoms with Crippen LogP contribution in [0.15, 0.2) is 36.9 Å². The van der Waals surface area contributed by atoms with Gasteiger partial charge in [0.25, 0.3) is 0 Å². The molecule has 0 spiro atoms. The van der Waals surface area contributed by atoms with Gasteiger partial charge in [-0.2, -0.15) is 0 Å². The van der Waals surface area contributed by atoms with Gasteiger partial charge in [-0.3, -0.25) is 0 Å². The molecule has 38 valence electrons. The molecule has 0 radical (unpaired) electrons. The Kier molecular flexibility index (Phi) is 3.27. The first kappa shape index (κ1) is 4.38. The van der Waals surface area contributed by atoms with Crippen molar-refractivity contribution in [3.63, 3.8) is 0 Å². The van der Waals surface area contributed by atoms with Crippen LogP contribution in [-0.2, 0) is 0 Å². The Morgan fingerprint density at radius 1 is 1.57 bits per heavy atom. The van der Waals surface area contributed by atoms with E-state index in [1.807, 2.05) is 13.0 Å². The number of hydrogen-bond acceptors (Lipinski definition) is 0. The first-order chi connectivity index (χ1) is 3.81. The van der Waals surface area contributed by atoms with Crippen molar-refractivity contribution >= 4 is 0 Å². The molecule has 0 nitrogen and oxygen atoms in total. The molecule has 0 aliphatic heterocycles. The minimum absolute atomic E-state index is 0.488. The maximum Gasteiger partial charge on any atom is 0.0623 e. The van der Waals surface area contributed by atoms with Crippen molar-refractivity contribution in [1.82, 2.24) is 0 Å². The molecular weight excluding hydrogens is 84.1 g/mol. The van der Waals surface area contributed by atoms with Crippen LogP contribution >= 0.6 is 0 Å². The topological polar surface area (TPSA) is 0 Å². The second kappa shape index (κ2) is 5.22. The number of allylic oxidation sites excluding steroid dienone is 5. The number of hydrogen-bond donors (Lipinski definition) is 0. The highest BCUT2D eigenvalue weighted by molar-refractivity contribution is 5.07. The van der Waals surface area contributed by atoms with Crippen LogP contribution in [0.2, 0.25) is 0 Å². The molecule has 0 aromatic rings. The summed E-state index contributed by atoms with van der Waals surface area (Å²) in [5, 5.41) is 0. The van der Waals surface area contributed by atoms with Crippen LogP contribution in [-0.4, -0.2) is 0 Å². The van der Waals surface area contributed by atoms with E-state index >= 15 is 0 Å². The lowest BCUT2D eigenvalue weighted by Crippen LogP contribution is -1.43. The van der Waals surface area contributed by atoms with E-state index in [1.165, 1.54) is 0 Å². The molecule has 0 heteroatoms. The SMILES string of the molecule is [2H]C(/C=C/C)=C\C=C. The molecule has 0 aliphatic rings. The Balaban J connectivity index is 3.79. The fourth-order valence-corrected chi connectivity index (χ4v) is 0.220. The minimum Gasteiger partial charge on any atom is -0.0991 e. The van der Waals surface area contributed by atoms with Gasteiger partial charge in [0.15, 0.2) is 0 Å². The molecule has 0 N–H and O–H groups in total. The van der Waals surface area contributed by atoms with Crippen LogP contribution in [0.25, 0.3) is 0 Å². The van der Waals surface area contributed by atoms with E-state index in [4.69, 9.17) is 1.37 Å². The van der Waals surface area contributed by atoms with Gasteiger partial charge in [0.05, 0.1) is 1.37 Å². The molecule has 0 aromatic carbocycles. The van der Waals surface area contributed by atoms with Crippen molar-refractivity contribution in [2.45, 2.75) is 6.92 Å². The van der Waals surface area contributed by atoms with E-state index in [1.54, 1.807) is 18.2 Å². The zero-order valence-corrected chi connectivity index (χ0v) is 4.52. The Morgan fingerprint density at radius 2 is 2.29 bits per heavy atom. The van der Waals surface area contributed by atoms with Gasteiger partial charge in [-0.1, -0.05) is 36.9 Å². The van der Waals surface area contributed by atoms with Crippen molar-refractivity contribution in [2.24, 2.45) is 0 Å². The Hall–Kier alpha value is -0.780. The first-order valence-electron chi connectivity index (χ1n) is 2.73. The predicted octanol–water partition coefficient (Wildman–Crippen LogP) is 2.30. The van der Waals surface area contributed by atoms with E-state index in [-0.39, 0.29) is 0 Å². The molecule has 0 saturated heterocycles. The van der Waals surface area contributed by atoms with Crippen molar-refractivity contribution in [1.29, 1.82) is 0 Å². The van der Waals surface area contributed by atoms with Crippen LogP contribution < -0.4 is 0 Å². The van der Waals surface area contributed by atoms with E-state index in [2.05, 4.69) is 6.58 Å². The monoisotopic (exact) mass is 95.1 g/mol. The van der Waals surface area contributed by atoms with Crippen LogP contribution in [0.3, 0.4) is 0 Å². The normalized spacial score (nSPS) is 14.4. The summed E-state index contributed by atoms with van der Waals surface area (Å²) in [7, 11) is 0. The van der Waals surface area contributed by atoms with Crippen molar-refractivity contribution in [2.75, 3.05) is 0 Å². The van der Waals surface area contributed by atoms with Gasteiger partial charge in [0.2, 0.25) is 0 Å². The lowest BCUT2D eigenvalue weighted by Gasteiger charge is -1.65. The predicted molar refractivity (Wildman–Crippen MR) is 34.2 cm³/mol. The quantitative estimate of drug-likeness (QED) is 0.462. The fraction of sp³-hybridized carbons (Fsp3) is 0.143. The second-order valence-corrected chi connectivity index (χ2v) is 1.07. The van der Waals surface area contributed by atoms with Gasteiger partial charge < -0.3 is 0 Å². The molecule has 0 amide bonds. The average molecular weight is 95.2 g/mol. The summed E-state index contributed by atoms with van der Waals surface area (Å²) in [6, 6.07) is 0.488. The first-order valence-corrected chi connectivity index (χ1v) is 2.23. The van der Waals surface area contributed by atoms with E-state index in [0.29, 0.717) is 6.05 Å². The summed E-state index contributed by atoms with van der Waals surface area (Å²) < 4.78 is 7.07. The molecule has 0 unspecified atom stereocenters. The van der Waals surface area contributed by atoms with Crippen LogP contribution in [0.4, 0.5) is 0 Å². The number of rotatable bonds is 2. The maximum atomic E-state index is 7.07. The highest BCUT2D eigenvalue weighted by Crippen LogP contribution is 1.74. The summed E-state index contributed by atoms with van der Waals surface area (Å²) in [6.07, 6.45) is 6.77. The Bertz CT molecular complexity index is 120. The van der Waals surface area contributed by atoms with Crippen LogP contribution in [0.1, 0.15) is 8.29 Å². The molecule has 0 aliphatic carbocycles. The summed E-state index contributed by atoms with van der Waals surface area (Å²) in [4.78, 5) is 0. The van der Waals surface area contributed by atoms with Crippen molar-refractivity contribution in [3.05, 3.63) is 36.9 Å². The Labute approximate surface area is 46.3 Å². The second-order valence-electron chi connectivity index (χ2n) is 1.07. The maximum absolute atomic E-state index is 7.07.